The minimum atomic E-state index is -0.889. The van der Waals surface area contributed by atoms with E-state index in [9.17, 15) is 4.79 Å². The van der Waals surface area contributed by atoms with Gasteiger partial charge in [-0.15, -0.1) is 0 Å². The second kappa shape index (κ2) is 6.48. The van der Waals surface area contributed by atoms with Crippen molar-refractivity contribution in [3.63, 3.8) is 0 Å². The first kappa shape index (κ1) is 14.4. The Hall–Kier alpha value is -1.55. The monoisotopic (exact) mass is 288 g/mol. The van der Waals surface area contributed by atoms with E-state index < -0.39 is 6.09 Å². The van der Waals surface area contributed by atoms with Crippen LogP contribution in [-0.4, -0.2) is 29.8 Å². The van der Waals surface area contributed by atoms with Crippen LogP contribution in [-0.2, 0) is 0 Å². The number of hydrogen-bond donors (Lipinski definition) is 3. The van der Waals surface area contributed by atoms with Crippen molar-refractivity contribution in [1.82, 2.24) is 10.6 Å². The number of rotatable bonds is 5. The molecule has 2 atom stereocenters. The Morgan fingerprint density at radius 2 is 1.86 bits per heavy atom. The molecule has 4 nitrogen and oxygen atoms in total. The topological polar surface area (TPSA) is 61.4 Å². The van der Waals surface area contributed by atoms with Crippen molar-refractivity contribution in [3.05, 3.63) is 35.9 Å². The molecule has 0 aliphatic heterocycles. The molecule has 2 fully saturated rings. The lowest BCUT2D eigenvalue weighted by Gasteiger charge is -2.28. The minimum absolute atomic E-state index is 0.164. The molecule has 3 N–H and O–H groups in total. The van der Waals surface area contributed by atoms with Gasteiger partial charge in [-0.25, -0.2) is 4.79 Å². The quantitative estimate of drug-likeness (QED) is 0.780. The molecule has 0 spiro atoms. The van der Waals surface area contributed by atoms with Crippen LogP contribution in [0.4, 0.5) is 4.79 Å². The molecule has 2 aliphatic carbocycles. The predicted molar refractivity (Wildman–Crippen MR) is 82.5 cm³/mol. The van der Waals surface area contributed by atoms with E-state index in [1.807, 2.05) is 0 Å². The van der Waals surface area contributed by atoms with E-state index in [0.717, 1.165) is 32.2 Å². The molecule has 0 radical (unpaired) electrons. The second-order valence-corrected chi connectivity index (χ2v) is 6.43. The molecule has 1 aromatic rings. The number of carboxylic acid groups (broad SMARTS) is 1. The summed E-state index contributed by atoms with van der Waals surface area (Å²) in [6.07, 6.45) is 4.57. The van der Waals surface area contributed by atoms with Crippen molar-refractivity contribution in [1.29, 1.82) is 0 Å². The normalized spacial score (nSPS) is 31.6. The molecular formula is C17H24N2O2. The first-order valence-corrected chi connectivity index (χ1v) is 8.00. The molecule has 21 heavy (non-hydrogen) atoms. The molecule has 0 saturated heterocycles. The highest BCUT2D eigenvalue weighted by Gasteiger charge is 2.38. The highest BCUT2D eigenvalue weighted by Crippen LogP contribution is 2.40. The summed E-state index contributed by atoms with van der Waals surface area (Å²) in [5.41, 5.74) is 1.45. The molecule has 2 saturated carbocycles. The van der Waals surface area contributed by atoms with Gasteiger partial charge >= 0.3 is 6.09 Å². The molecule has 4 heteroatoms. The van der Waals surface area contributed by atoms with Crippen LogP contribution in [0.15, 0.2) is 30.3 Å². The Morgan fingerprint density at radius 1 is 1.14 bits per heavy atom. The van der Waals surface area contributed by atoms with Crippen molar-refractivity contribution < 1.29 is 9.90 Å². The Labute approximate surface area is 125 Å². The lowest BCUT2D eigenvalue weighted by molar-refractivity contribution is 0.182. The largest absolute Gasteiger partial charge is 0.465 e. The van der Waals surface area contributed by atoms with Crippen LogP contribution >= 0.6 is 0 Å². The van der Waals surface area contributed by atoms with Gasteiger partial charge in [0.1, 0.15) is 0 Å². The van der Waals surface area contributed by atoms with Crippen LogP contribution in [0.3, 0.4) is 0 Å². The molecule has 0 heterocycles. The van der Waals surface area contributed by atoms with Gasteiger partial charge in [-0.3, -0.25) is 0 Å². The van der Waals surface area contributed by atoms with Gasteiger partial charge in [0.25, 0.3) is 0 Å². The average Bonchev–Trinajstić information content (AvgIpc) is 3.27. The summed E-state index contributed by atoms with van der Waals surface area (Å²) in [5.74, 6) is 1.39. The second-order valence-electron chi connectivity index (χ2n) is 6.43. The number of nitrogens with one attached hydrogen (secondary N) is 2. The highest BCUT2D eigenvalue weighted by molar-refractivity contribution is 5.64. The SMILES string of the molecule is O=C(O)N[C@H]1CC[C@H](CNC2CC2c2ccccc2)CC1. The Kier molecular flexibility index (Phi) is 4.44. The zero-order valence-electron chi connectivity index (χ0n) is 12.3. The van der Waals surface area contributed by atoms with Crippen LogP contribution < -0.4 is 10.6 Å². The van der Waals surface area contributed by atoms with Gasteiger partial charge in [-0.1, -0.05) is 30.3 Å². The molecular weight excluding hydrogens is 264 g/mol. The van der Waals surface area contributed by atoms with Crippen molar-refractivity contribution in [2.75, 3.05) is 6.54 Å². The fourth-order valence-corrected chi connectivity index (χ4v) is 3.49. The summed E-state index contributed by atoms with van der Waals surface area (Å²) < 4.78 is 0. The molecule has 0 bridgehead atoms. The lowest BCUT2D eigenvalue weighted by Crippen LogP contribution is -2.38. The van der Waals surface area contributed by atoms with E-state index >= 15 is 0 Å². The fraction of sp³-hybridized carbons (Fsp3) is 0.588. The molecule has 3 rings (SSSR count). The summed E-state index contributed by atoms with van der Waals surface area (Å²) in [7, 11) is 0. The van der Waals surface area contributed by atoms with Crippen LogP contribution in [0.2, 0.25) is 0 Å². The smallest absolute Gasteiger partial charge is 0.404 e. The third-order valence-electron chi connectivity index (χ3n) is 4.86. The number of benzene rings is 1. The molecule has 2 aliphatic rings. The van der Waals surface area contributed by atoms with E-state index in [0.29, 0.717) is 17.9 Å². The Bertz CT molecular complexity index is 469. The number of hydrogen-bond acceptors (Lipinski definition) is 2. The van der Waals surface area contributed by atoms with Crippen LogP contribution in [0, 0.1) is 5.92 Å². The predicted octanol–water partition coefficient (Wildman–Crippen LogP) is 2.96. The third kappa shape index (κ3) is 3.97. The summed E-state index contributed by atoms with van der Waals surface area (Å²) in [6, 6.07) is 11.5. The molecule has 2 unspecified atom stereocenters. The summed E-state index contributed by atoms with van der Waals surface area (Å²) in [5, 5.41) is 15.0. The van der Waals surface area contributed by atoms with Gasteiger partial charge in [0, 0.05) is 18.0 Å². The molecule has 114 valence electrons. The van der Waals surface area contributed by atoms with Crippen LogP contribution in [0.5, 0.6) is 0 Å². The van der Waals surface area contributed by atoms with E-state index in [2.05, 4.69) is 41.0 Å². The fourth-order valence-electron chi connectivity index (χ4n) is 3.49. The van der Waals surface area contributed by atoms with E-state index in [-0.39, 0.29) is 6.04 Å². The highest BCUT2D eigenvalue weighted by atomic mass is 16.4. The first-order valence-electron chi connectivity index (χ1n) is 8.00. The van der Waals surface area contributed by atoms with Crippen molar-refractivity contribution in [2.24, 2.45) is 5.92 Å². The minimum Gasteiger partial charge on any atom is -0.465 e. The van der Waals surface area contributed by atoms with Gasteiger partial charge in [0.05, 0.1) is 0 Å². The van der Waals surface area contributed by atoms with E-state index in [1.165, 1.54) is 12.0 Å². The molecule has 1 aromatic carbocycles. The van der Waals surface area contributed by atoms with Gasteiger partial charge in [0.2, 0.25) is 0 Å². The van der Waals surface area contributed by atoms with Crippen LogP contribution in [0.1, 0.15) is 43.6 Å². The van der Waals surface area contributed by atoms with Gasteiger partial charge in [-0.2, -0.15) is 0 Å². The van der Waals surface area contributed by atoms with E-state index in [1.54, 1.807) is 0 Å². The Balaban J connectivity index is 1.35. The lowest BCUT2D eigenvalue weighted by atomic mass is 9.86. The number of carbonyl (C=O) groups is 1. The van der Waals surface area contributed by atoms with E-state index in [4.69, 9.17) is 5.11 Å². The summed E-state index contributed by atoms with van der Waals surface area (Å²) in [6.45, 7) is 1.08. The summed E-state index contributed by atoms with van der Waals surface area (Å²) in [4.78, 5) is 10.6. The van der Waals surface area contributed by atoms with Gasteiger partial charge < -0.3 is 15.7 Å². The number of amides is 1. The van der Waals surface area contributed by atoms with Gasteiger partial charge in [-0.05, 0) is 50.1 Å². The zero-order valence-corrected chi connectivity index (χ0v) is 12.3. The average molecular weight is 288 g/mol. The Morgan fingerprint density at radius 3 is 2.52 bits per heavy atom. The van der Waals surface area contributed by atoms with Crippen molar-refractivity contribution in [2.45, 2.75) is 50.1 Å². The maximum atomic E-state index is 10.6. The molecule has 0 aromatic heterocycles. The maximum absolute atomic E-state index is 10.6. The first-order chi connectivity index (χ1) is 10.2. The third-order valence-corrected chi connectivity index (χ3v) is 4.86. The zero-order chi connectivity index (χ0) is 14.7. The summed E-state index contributed by atoms with van der Waals surface area (Å²) >= 11 is 0. The molecule has 1 amide bonds. The van der Waals surface area contributed by atoms with Gasteiger partial charge in [0.15, 0.2) is 0 Å². The van der Waals surface area contributed by atoms with Crippen molar-refractivity contribution in [3.8, 4) is 0 Å². The van der Waals surface area contributed by atoms with Crippen molar-refractivity contribution >= 4 is 6.09 Å². The van der Waals surface area contributed by atoms with Crippen LogP contribution in [0.25, 0.3) is 0 Å². The maximum Gasteiger partial charge on any atom is 0.404 e. The standard InChI is InChI=1S/C17H24N2O2/c20-17(21)19-14-8-6-12(7-9-14)11-18-16-10-15(16)13-4-2-1-3-5-13/h1-5,12,14-16,18-19H,6-11H2,(H,20,21)/t12-,14-,15?,16?.